The molecule has 0 spiro atoms. The van der Waals surface area contributed by atoms with E-state index in [1.165, 1.54) is 12.4 Å². The molecule has 1 N–H and O–H groups in total. The summed E-state index contributed by atoms with van der Waals surface area (Å²) >= 11 is 0. The van der Waals surface area contributed by atoms with E-state index in [1.807, 2.05) is 42.3 Å². The fraction of sp³-hybridized carbons (Fsp3) is 0.176. The van der Waals surface area contributed by atoms with Crippen LogP contribution in [0.5, 0.6) is 0 Å². The summed E-state index contributed by atoms with van der Waals surface area (Å²) < 4.78 is 4.91. The largest absolute Gasteiger partial charge is 0.360 e. The average molecular weight is 323 g/mol. The molecule has 3 rings (SSSR count). The third kappa shape index (κ3) is 3.75. The SMILES string of the molecule is Cc1cc(NC(=O)c2cnc(N(C)Cc3ccccc3)nc2)no1. The van der Waals surface area contributed by atoms with Crippen LogP contribution < -0.4 is 10.2 Å². The van der Waals surface area contributed by atoms with Crippen LogP contribution in [0.15, 0.2) is 53.3 Å². The van der Waals surface area contributed by atoms with Gasteiger partial charge in [0, 0.05) is 32.1 Å². The maximum atomic E-state index is 12.1. The Kier molecular flexibility index (Phi) is 4.51. The van der Waals surface area contributed by atoms with Crippen LogP contribution in [0.25, 0.3) is 0 Å². The highest BCUT2D eigenvalue weighted by Gasteiger charge is 2.11. The summed E-state index contributed by atoms with van der Waals surface area (Å²) in [6.45, 7) is 2.44. The number of hydrogen-bond donors (Lipinski definition) is 1. The lowest BCUT2D eigenvalue weighted by atomic mass is 10.2. The topological polar surface area (TPSA) is 84.2 Å². The van der Waals surface area contributed by atoms with Gasteiger partial charge in [-0.25, -0.2) is 9.97 Å². The lowest BCUT2D eigenvalue weighted by Gasteiger charge is -2.16. The maximum absolute atomic E-state index is 12.1. The molecule has 3 aromatic rings. The summed E-state index contributed by atoms with van der Waals surface area (Å²) in [5, 5.41) is 6.35. The van der Waals surface area contributed by atoms with E-state index in [0.717, 1.165) is 5.56 Å². The highest BCUT2D eigenvalue weighted by Crippen LogP contribution is 2.12. The molecule has 24 heavy (non-hydrogen) atoms. The monoisotopic (exact) mass is 323 g/mol. The molecule has 7 heteroatoms. The van der Waals surface area contributed by atoms with Gasteiger partial charge in [-0.15, -0.1) is 0 Å². The maximum Gasteiger partial charge on any atom is 0.260 e. The van der Waals surface area contributed by atoms with E-state index in [0.29, 0.717) is 29.6 Å². The molecule has 2 aromatic heterocycles. The molecular weight excluding hydrogens is 306 g/mol. The average Bonchev–Trinajstić information content (AvgIpc) is 3.00. The first-order chi connectivity index (χ1) is 11.6. The molecule has 0 radical (unpaired) electrons. The van der Waals surface area contributed by atoms with Gasteiger partial charge < -0.3 is 14.7 Å². The number of benzene rings is 1. The number of nitrogens with zero attached hydrogens (tertiary/aromatic N) is 4. The van der Waals surface area contributed by atoms with Crippen LogP contribution >= 0.6 is 0 Å². The van der Waals surface area contributed by atoms with Gasteiger partial charge in [-0.1, -0.05) is 35.5 Å². The van der Waals surface area contributed by atoms with E-state index in [1.54, 1.807) is 13.0 Å². The molecule has 0 aliphatic rings. The van der Waals surface area contributed by atoms with Crippen molar-refractivity contribution >= 4 is 17.7 Å². The van der Waals surface area contributed by atoms with Gasteiger partial charge in [0.05, 0.1) is 5.56 Å². The molecule has 0 unspecified atom stereocenters. The Labute approximate surface area is 139 Å². The zero-order valence-electron chi connectivity index (χ0n) is 13.4. The quantitative estimate of drug-likeness (QED) is 0.777. The van der Waals surface area contributed by atoms with Crippen LogP contribution in [0.1, 0.15) is 21.7 Å². The van der Waals surface area contributed by atoms with Crippen molar-refractivity contribution in [2.24, 2.45) is 0 Å². The van der Waals surface area contributed by atoms with Gasteiger partial charge in [-0.05, 0) is 12.5 Å². The lowest BCUT2D eigenvalue weighted by molar-refractivity contribution is 0.102. The van der Waals surface area contributed by atoms with Crippen LogP contribution in [-0.2, 0) is 6.54 Å². The van der Waals surface area contributed by atoms with Crippen LogP contribution in [0.3, 0.4) is 0 Å². The Balaban J connectivity index is 1.65. The molecule has 1 amide bonds. The Hall–Kier alpha value is -3.22. The standard InChI is InChI=1S/C17H17N5O2/c1-12-8-15(21-24-12)20-16(23)14-9-18-17(19-10-14)22(2)11-13-6-4-3-5-7-13/h3-10H,11H2,1-2H3,(H,20,21,23). The first-order valence-electron chi connectivity index (χ1n) is 7.43. The summed E-state index contributed by atoms with van der Waals surface area (Å²) in [6.07, 6.45) is 2.98. The minimum Gasteiger partial charge on any atom is -0.360 e. The van der Waals surface area contributed by atoms with Crippen LogP contribution in [0, 0.1) is 6.92 Å². The third-order valence-electron chi connectivity index (χ3n) is 3.37. The summed E-state index contributed by atoms with van der Waals surface area (Å²) in [5.74, 6) is 1.20. The number of anilines is 2. The molecule has 0 fully saturated rings. The lowest BCUT2D eigenvalue weighted by Crippen LogP contribution is -2.20. The Bertz CT molecular complexity index is 815. The van der Waals surface area contributed by atoms with Crippen molar-refractivity contribution in [3.05, 3.63) is 65.7 Å². The van der Waals surface area contributed by atoms with E-state index in [2.05, 4.69) is 20.4 Å². The molecule has 0 saturated carbocycles. The second-order valence-electron chi connectivity index (χ2n) is 5.39. The van der Waals surface area contributed by atoms with Crippen LogP contribution in [0.4, 0.5) is 11.8 Å². The Morgan fingerprint density at radius 1 is 1.21 bits per heavy atom. The van der Waals surface area contributed by atoms with E-state index in [4.69, 9.17) is 4.52 Å². The van der Waals surface area contributed by atoms with E-state index >= 15 is 0 Å². The molecule has 0 aliphatic carbocycles. The summed E-state index contributed by atoms with van der Waals surface area (Å²) in [4.78, 5) is 22.5. The van der Waals surface area contributed by atoms with Crippen LogP contribution in [-0.4, -0.2) is 28.1 Å². The molecule has 1 aromatic carbocycles. The van der Waals surface area contributed by atoms with Gasteiger partial charge in [0.1, 0.15) is 5.76 Å². The number of aromatic nitrogens is 3. The number of aryl methyl sites for hydroxylation is 1. The molecule has 0 aliphatic heterocycles. The normalized spacial score (nSPS) is 10.4. The molecular formula is C17H17N5O2. The van der Waals surface area contributed by atoms with Crippen LogP contribution in [0.2, 0.25) is 0 Å². The van der Waals surface area contributed by atoms with Crippen molar-refractivity contribution in [1.29, 1.82) is 0 Å². The summed E-state index contributed by atoms with van der Waals surface area (Å²) in [5.41, 5.74) is 1.51. The van der Waals surface area contributed by atoms with E-state index in [-0.39, 0.29) is 5.91 Å². The second kappa shape index (κ2) is 6.91. The predicted octanol–water partition coefficient (Wildman–Crippen LogP) is 2.66. The Morgan fingerprint density at radius 3 is 2.54 bits per heavy atom. The van der Waals surface area contributed by atoms with Crippen molar-refractivity contribution in [1.82, 2.24) is 15.1 Å². The number of rotatable bonds is 5. The number of carbonyl (C=O) groups excluding carboxylic acids is 1. The number of carbonyl (C=O) groups is 1. The fourth-order valence-electron chi connectivity index (χ4n) is 2.18. The Morgan fingerprint density at radius 2 is 1.92 bits per heavy atom. The zero-order valence-corrected chi connectivity index (χ0v) is 13.4. The molecule has 0 atom stereocenters. The number of amides is 1. The molecule has 7 nitrogen and oxygen atoms in total. The van der Waals surface area contributed by atoms with Gasteiger partial charge in [0.2, 0.25) is 5.95 Å². The minimum atomic E-state index is -0.333. The fourth-order valence-corrected chi connectivity index (χ4v) is 2.18. The van der Waals surface area contributed by atoms with Crippen molar-refractivity contribution < 1.29 is 9.32 Å². The second-order valence-corrected chi connectivity index (χ2v) is 5.39. The van der Waals surface area contributed by atoms with Gasteiger partial charge in [-0.3, -0.25) is 4.79 Å². The van der Waals surface area contributed by atoms with Crippen molar-refractivity contribution in [3.63, 3.8) is 0 Å². The third-order valence-corrected chi connectivity index (χ3v) is 3.37. The number of hydrogen-bond acceptors (Lipinski definition) is 6. The highest BCUT2D eigenvalue weighted by atomic mass is 16.5. The smallest absolute Gasteiger partial charge is 0.260 e. The summed E-state index contributed by atoms with van der Waals surface area (Å²) in [7, 11) is 1.90. The van der Waals surface area contributed by atoms with Crippen molar-refractivity contribution in [2.45, 2.75) is 13.5 Å². The summed E-state index contributed by atoms with van der Waals surface area (Å²) in [6, 6.07) is 11.7. The molecule has 0 saturated heterocycles. The highest BCUT2D eigenvalue weighted by molar-refractivity contribution is 6.03. The van der Waals surface area contributed by atoms with Gasteiger partial charge in [0.15, 0.2) is 5.82 Å². The van der Waals surface area contributed by atoms with Gasteiger partial charge >= 0.3 is 0 Å². The molecule has 0 bridgehead atoms. The molecule has 122 valence electrons. The van der Waals surface area contributed by atoms with Gasteiger partial charge in [-0.2, -0.15) is 0 Å². The first kappa shape index (κ1) is 15.7. The van der Waals surface area contributed by atoms with E-state index < -0.39 is 0 Å². The minimum absolute atomic E-state index is 0.333. The first-order valence-corrected chi connectivity index (χ1v) is 7.43. The van der Waals surface area contributed by atoms with Crippen molar-refractivity contribution in [3.8, 4) is 0 Å². The molecule has 2 heterocycles. The van der Waals surface area contributed by atoms with Crippen molar-refractivity contribution in [2.75, 3.05) is 17.3 Å². The van der Waals surface area contributed by atoms with E-state index in [9.17, 15) is 4.79 Å². The zero-order chi connectivity index (χ0) is 16.9. The predicted molar refractivity (Wildman–Crippen MR) is 89.8 cm³/mol. The van der Waals surface area contributed by atoms with Gasteiger partial charge in [0.25, 0.3) is 5.91 Å². The number of nitrogens with one attached hydrogen (secondary N) is 1.